The second kappa shape index (κ2) is 6.65. The Labute approximate surface area is 128 Å². The molecule has 0 atom stereocenters. The van der Waals surface area contributed by atoms with E-state index in [2.05, 4.69) is 39.6 Å². The number of aryl methyl sites for hydroxylation is 1. The highest BCUT2D eigenvalue weighted by atomic mass is 32.1. The topological polar surface area (TPSA) is 53.6 Å². The second-order valence-electron chi connectivity index (χ2n) is 4.84. The minimum absolute atomic E-state index is 0.792. The first-order chi connectivity index (χ1) is 10.4. The lowest BCUT2D eigenvalue weighted by Gasteiger charge is -2.04. The van der Waals surface area contributed by atoms with Crippen LogP contribution in [0.1, 0.15) is 22.2 Å². The molecule has 0 saturated carbocycles. The summed E-state index contributed by atoms with van der Waals surface area (Å²) in [5.74, 6) is 0. The molecule has 2 N–H and O–H groups in total. The van der Waals surface area contributed by atoms with Crippen LogP contribution in [0.15, 0.2) is 42.9 Å². The lowest BCUT2D eigenvalue weighted by atomic mass is 10.1. The van der Waals surface area contributed by atoms with E-state index in [1.807, 2.05) is 35.9 Å². The summed E-state index contributed by atoms with van der Waals surface area (Å²) in [5.41, 5.74) is 3.27. The Morgan fingerprint density at radius 3 is 2.81 bits per heavy atom. The van der Waals surface area contributed by atoms with E-state index >= 15 is 0 Å². The van der Waals surface area contributed by atoms with E-state index < -0.39 is 0 Å². The smallest absolute Gasteiger partial charge is 0.0710 e. The van der Waals surface area contributed by atoms with Crippen LogP contribution < -0.4 is 5.32 Å². The van der Waals surface area contributed by atoms with E-state index in [-0.39, 0.29) is 0 Å². The van der Waals surface area contributed by atoms with Gasteiger partial charge in [-0.2, -0.15) is 5.10 Å². The molecule has 0 bridgehead atoms. The van der Waals surface area contributed by atoms with Crippen molar-refractivity contribution in [2.24, 2.45) is 0 Å². The van der Waals surface area contributed by atoms with E-state index in [1.54, 1.807) is 6.20 Å². The molecule has 0 fully saturated rings. The minimum atomic E-state index is 0.792. The van der Waals surface area contributed by atoms with E-state index in [1.165, 1.54) is 9.75 Å². The van der Waals surface area contributed by atoms with Crippen LogP contribution >= 0.6 is 11.3 Å². The highest BCUT2D eigenvalue weighted by Crippen LogP contribution is 2.20. The molecule has 3 aromatic rings. The van der Waals surface area contributed by atoms with Gasteiger partial charge in [0.15, 0.2) is 0 Å². The fourth-order valence-corrected chi connectivity index (χ4v) is 3.16. The van der Waals surface area contributed by atoms with Crippen molar-refractivity contribution in [3.63, 3.8) is 0 Å². The van der Waals surface area contributed by atoms with Crippen molar-refractivity contribution >= 4 is 11.3 Å². The molecular weight excluding hydrogens is 280 g/mol. The zero-order chi connectivity index (χ0) is 14.5. The van der Waals surface area contributed by atoms with Crippen LogP contribution in [0.4, 0.5) is 0 Å². The summed E-state index contributed by atoms with van der Waals surface area (Å²) in [4.78, 5) is 6.96. The van der Waals surface area contributed by atoms with Crippen LogP contribution in [0.3, 0.4) is 0 Å². The number of thiophene rings is 1. The van der Waals surface area contributed by atoms with Crippen molar-refractivity contribution in [3.8, 4) is 11.3 Å². The van der Waals surface area contributed by atoms with E-state index in [0.29, 0.717) is 0 Å². The van der Waals surface area contributed by atoms with Crippen molar-refractivity contribution in [2.75, 3.05) is 0 Å². The fourth-order valence-electron chi connectivity index (χ4n) is 2.23. The van der Waals surface area contributed by atoms with Gasteiger partial charge in [0.2, 0.25) is 0 Å². The average molecular weight is 298 g/mol. The molecule has 3 rings (SSSR count). The zero-order valence-electron chi connectivity index (χ0n) is 12.0. The monoisotopic (exact) mass is 298 g/mol. The zero-order valence-corrected chi connectivity index (χ0v) is 12.8. The van der Waals surface area contributed by atoms with Crippen molar-refractivity contribution in [1.29, 1.82) is 0 Å². The van der Waals surface area contributed by atoms with E-state index in [0.717, 1.165) is 36.3 Å². The van der Waals surface area contributed by atoms with Crippen LogP contribution in [-0.2, 0) is 19.5 Å². The van der Waals surface area contributed by atoms with E-state index in [4.69, 9.17) is 0 Å². The lowest BCUT2D eigenvalue weighted by molar-refractivity contribution is 0.702. The number of H-pyrrole nitrogens is 1. The van der Waals surface area contributed by atoms with Gasteiger partial charge >= 0.3 is 0 Å². The van der Waals surface area contributed by atoms with Crippen LogP contribution in [0.5, 0.6) is 0 Å². The standard InChI is InChI=1S/C16H18N4S/c1-2-14-5-6-15(21-14)11-18-9-13-10-19-20-16(13)12-4-3-7-17-8-12/h3-8,10,18H,2,9,11H2,1H3,(H,19,20). The molecule has 0 unspecified atom stereocenters. The van der Waals surface area contributed by atoms with Gasteiger partial charge in [0.1, 0.15) is 0 Å². The normalized spacial score (nSPS) is 10.9. The van der Waals surface area contributed by atoms with Crippen LogP contribution in [-0.4, -0.2) is 15.2 Å². The molecule has 0 spiro atoms. The van der Waals surface area contributed by atoms with Gasteiger partial charge in [-0.25, -0.2) is 0 Å². The van der Waals surface area contributed by atoms with Gasteiger partial charge in [-0.3, -0.25) is 10.1 Å². The molecule has 0 aliphatic carbocycles. The first kappa shape index (κ1) is 14.0. The minimum Gasteiger partial charge on any atom is -0.308 e. The van der Waals surface area contributed by atoms with Crippen LogP contribution in [0.25, 0.3) is 11.3 Å². The fraction of sp³-hybridized carbons (Fsp3) is 0.250. The first-order valence-electron chi connectivity index (χ1n) is 7.07. The number of rotatable bonds is 6. The Balaban J connectivity index is 1.62. The highest BCUT2D eigenvalue weighted by molar-refractivity contribution is 7.11. The molecule has 0 radical (unpaired) electrons. The maximum absolute atomic E-state index is 4.16. The number of pyridine rings is 1. The Morgan fingerprint density at radius 1 is 1.14 bits per heavy atom. The predicted octanol–water partition coefficient (Wildman–Crippen LogP) is 3.39. The highest BCUT2D eigenvalue weighted by Gasteiger charge is 2.07. The van der Waals surface area contributed by atoms with Crippen molar-refractivity contribution in [3.05, 3.63) is 58.2 Å². The van der Waals surface area contributed by atoms with Gasteiger partial charge in [-0.1, -0.05) is 6.92 Å². The molecule has 4 nitrogen and oxygen atoms in total. The molecule has 108 valence electrons. The molecule has 21 heavy (non-hydrogen) atoms. The van der Waals surface area contributed by atoms with Crippen molar-refractivity contribution < 1.29 is 0 Å². The second-order valence-corrected chi connectivity index (χ2v) is 6.09. The largest absolute Gasteiger partial charge is 0.308 e. The third-order valence-electron chi connectivity index (χ3n) is 3.35. The van der Waals surface area contributed by atoms with E-state index in [9.17, 15) is 0 Å². The summed E-state index contributed by atoms with van der Waals surface area (Å²) >= 11 is 1.87. The quantitative estimate of drug-likeness (QED) is 0.733. The number of hydrogen-bond donors (Lipinski definition) is 2. The molecule has 0 saturated heterocycles. The van der Waals surface area contributed by atoms with Gasteiger partial charge in [0.05, 0.1) is 11.9 Å². The van der Waals surface area contributed by atoms with Gasteiger partial charge in [-0.15, -0.1) is 11.3 Å². The Hall–Kier alpha value is -1.98. The number of nitrogens with zero attached hydrogens (tertiary/aromatic N) is 2. The van der Waals surface area contributed by atoms with Gasteiger partial charge in [0.25, 0.3) is 0 Å². The number of hydrogen-bond acceptors (Lipinski definition) is 4. The Morgan fingerprint density at radius 2 is 2.05 bits per heavy atom. The molecular formula is C16H18N4S. The maximum atomic E-state index is 4.16. The van der Waals surface area contributed by atoms with Gasteiger partial charge < -0.3 is 5.32 Å². The Kier molecular flexibility index (Phi) is 4.43. The third-order valence-corrected chi connectivity index (χ3v) is 4.58. The number of nitrogens with one attached hydrogen (secondary N) is 2. The predicted molar refractivity (Wildman–Crippen MR) is 86.1 cm³/mol. The number of aromatic nitrogens is 3. The third kappa shape index (κ3) is 3.37. The molecule has 0 aliphatic rings. The SMILES string of the molecule is CCc1ccc(CNCc2cn[nH]c2-c2cccnc2)s1. The van der Waals surface area contributed by atoms with Crippen molar-refractivity contribution in [2.45, 2.75) is 26.4 Å². The van der Waals surface area contributed by atoms with Crippen LogP contribution in [0.2, 0.25) is 0 Å². The number of aromatic amines is 1. The molecule has 0 amide bonds. The molecule has 0 aromatic carbocycles. The Bertz CT molecular complexity index is 687. The van der Waals surface area contributed by atoms with Crippen molar-refractivity contribution in [1.82, 2.24) is 20.5 Å². The summed E-state index contributed by atoms with van der Waals surface area (Å²) in [6.07, 6.45) is 6.61. The summed E-state index contributed by atoms with van der Waals surface area (Å²) in [5, 5.41) is 10.7. The maximum Gasteiger partial charge on any atom is 0.0710 e. The summed E-state index contributed by atoms with van der Waals surface area (Å²) in [6.45, 7) is 3.87. The summed E-state index contributed by atoms with van der Waals surface area (Å²) in [6, 6.07) is 8.39. The summed E-state index contributed by atoms with van der Waals surface area (Å²) in [7, 11) is 0. The van der Waals surface area contributed by atoms with Crippen LogP contribution in [0, 0.1) is 0 Å². The summed E-state index contributed by atoms with van der Waals surface area (Å²) < 4.78 is 0. The lowest BCUT2D eigenvalue weighted by Crippen LogP contribution is -2.11. The molecule has 3 aromatic heterocycles. The first-order valence-corrected chi connectivity index (χ1v) is 7.89. The van der Waals surface area contributed by atoms with Gasteiger partial charge in [0, 0.05) is 46.4 Å². The molecule has 5 heteroatoms. The molecule has 0 aliphatic heterocycles. The molecule has 3 heterocycles. The van der Waals surface area contributed by atoms with Gasteiger partial charge in [-0.05, 0) is 30.7 Å². The average Bonchev–Trinajstić information content (AvgIpc) is 3.17.